The molecule has 0 N–H and O–H groups in total. The fourth-order valence-corrected chi connectivity index (χ4v) is 1.33. The summed E-state index contributed by atoms with van der Waals surface area (Å²) in [5.74, 6) is 0.816. The predicted octanol–water partition coefficient (Wildman–Crippen LogP) is 2.01. The Kier molecular flexibility index (Phi) is 2.45. The highest BCUT2D eigenvalue weighted by atomic mass is 35.5. The summed E-state index contributed by atoms with van der Waals surface area (Å²) in [6.07, 6.45) is 3.65. The van der Waals surface area contributed by atoms with Crippen LogP contribution in [-0.4, -0.2) is 19.7 Å². The Hall–Kier alpha value is -1.42. The van der Waals surface area contributed by atoms with Crippen molar-refractivity contribution in [2.45, 2.75) is 13.5 Å². The molecule has 0 saturated heterocycles. The van der Waals surface area contributed by atoms with Crippen LogP contribution in [0.15, 0.2) is 24.5 Å². The number of hydrogen-bond donors (Lipinski definition) is 0. The molecule has 0 aromatic carbocycles. The van der Waals surface area contributed by atoms with Crippen LogP contribution in [0.3, 0.4) is 0 Å². The number of halogens is 1. The van der Waals surface area contributed by atoms with Crippen LogP contribution in [0.5, 0.6) is 0 Å². The Labute approximate surface area is 86.6 Å². The smallest absolute Gasteiger partial charge is 0.160 e. The molecule has 2 rings (SSSR count). The second kappa shape index (κ2) is 3.75. The zero-order valence-corrected chi connectivity index (χ0v) is 8.44. The first-order chi connectivity index (χ1) is 6.81. The molecule has 0 aliphatic rings. The maximum Gasteiger partial charge on any atom is 0.160 e. The molecule has 0 fully saturated rings. The zero-order valence-electron chi connectivity index (χ0n) is 7.68. The van der Waals surface area contributed by atoms with E-state index < -0.39 is 0 Å². The van der Waals surface area contributed by atoms with E-state index in [1.54, 1.807) is 12.3 Å². The molecule has 0 aliphatic carbocycles. The zero-order chi connectivity index (χ0) is 9.97. The topological polar surface area (TPSA) is 43.6 Å². The van der Waals surface area contributed by atoms with Crippen LogP contribution in [-0.2, 0) is 6.54 Å². The lowest BCUT2D eigenvalue weighted by Crippen LogP contribution is -1.98. The van der Waals surface area contributed by atoms with Crippen molar-refractivity contribution >= 4 is 11.6 Å². The van der Waals surface area contributed by atoms with Gasteiger partial charge in [0.2, 0.25) is 0 Å². The van der Waals surface area contributed by atoms with Gasteiger partial charge in [0.1, 0.15) is 5.69 Å². The van der Waals surface area contributed by atoms with E-state index in [9.17, 15) is 0 Å². The van der Waals surface area contributed by atoms with Gasteiger partial charge >= 0.3 is 0 Å². The quantitative estimate of drug-likeness (QED) is 0.759. The van der Waals surface area contributed by atoms with Crippen molar-refractivity contribution in [1.82, 2.24) is 19.7 Å². The summed E-state index contributed by atoms with van der Waals surface area (Å²) >= 11 is 5.65. The maximum absolute atomic E-state index is 5.65. The van der Waals surface area contributed by atoms with E-state index >= 15 is 0 Å². The third-order valence-corrected chi connectivity index (χ3v) is 2.12. The van der Waals surface area contributed by atoms with Gasteiger partial charge in [-0.15, -0.1) is 10.2 Å². The van der Waals surface area contributed by atoms with Crippen LogP contribution in [0.4, 0.5) is 0 Å². The van der Waals surface area contributed by atoms with E-state index in [-0.39, 0.29) is 0 Å². The van der Waals surface area contributed by atoms with Crippen LogP contribution in [0.1, 0.15) is 6.92 Å². The minimum absolute atomic E-state index is 0.392. The van der Waals surface area contributed by atoms with Gasteiger partial charge in [0, 0.05) is 18.9 Å². The van der Waals surface area contributed by atoms with E-state index in [1.165, 1.54) is 0 Å². The van der Waals surface area contributed by atoms with Gasteiger partial charge in [0.15, 0.2) is 11.0 Å². The van der Waals surface area contributed by atoms with Crippen molar-refractivity contribution in [2.75, 3.05) is 0 Å². The Morgan fingerprint density at radius 1 is 1.36 bits per heavy atom. The van der Waals surface area contributed by atoms with Gasteiger partial charge in [-0.25, -0.2) is 4.98 Å². The molecule has 5 heteroatoms. The molecule has 0 amide bonds. The Balaban J connectivity index is 2.44. The molecule has 0 unspecified atom stereocenters. The van der Waals surface area contributed by atoms with Gasteiger partial charge in [-0.05, 0) is 19.1 Å². The summed E-state index contributed by atoms with van der Waals surface area (Å²) in [4.78, 5) is 4.20. The Morgan fingerprint density at radius 2 is 2.21 bits per heavy atom. The van der Waals surface area contributed by atoms with Crippen LogP contribution in [0.25, 0.3) is 11.5 Å². The largest absolute Gasteiger partial charge is 0.330 e. The first kappa shape index (κ1) is 9.15. The van der Waals surface area contributed by atoms with E-state index in [2.05, 4.69) is 22.1 Å². The third-order valence-electron chi connectivity index (χ3n) is 1.92. The SMILES string of the molecule is CCn1ccnc1-c1ccc(Cl)nn1. The lowest BCUT2D eigenvalue weighted by molar-refractivity contribution is 0.765. The number of aryl methyl sites for hydroxylation is 1. The van der Waals surface area contributed by atoms with E-state index in [1.807, 2.05) is 16.8 Å². The standard InChI is InChI=1S/C9H9ClN4/c1-2-14-6-5-11-9(14)7-3-4-8(10)13-12-7/h3-6H,2H2,1H3. The second-order valence-corrected chi connectivity index (χ2v) is 3.17. The number of hydrogen-bond acceptors (Lipinski definition) is 3. The normalized spacial score (nSPS) is 10.4. The highest BCUT2D eigenvalue weighted by molar-refractivity contribution is 6.29. The molecule has 0 atom stereocenters. The molecule has 14 heavy (non-hydrogen) atoms. The lowest BCUT2D eigenvalue weighted by atomic mass is 10.3. The molecule has 0 bridgehead atoms. The van der Waals surface area contributed by atoms with Crippen molar-refractivity contribution in [1.29, 1.82) is 0 Å². The molecule has 0 spiro atoms. The Bertz CT molecular complexity index is 421. The van der Waals surface area contributed by atoms with Crippen LogP contribution in [0.2, 0.25) is 5.15 Å². The first-order valence-corrected chi connectivity index (χ1v) is 4.70. The van der Waals surface area contributed by atoms with E-state index in [0.29, 0.717) is 5.15 Å². The van der Waals surface area contributed by atoms with Crippen LogP contribution >= 0.6 is 11.6 Å². The molecule has 2 heterocycles. The van der Waals surface area contributed by atoms with Gasteiger partial charge in [-0.3, -0.25) is 0 Å². The summed E-state index contributed by atoms with van der Waals surface area (Å²) in [5.41, 5.74) is 0.737. The lowest BCUT2D eigenvalue weighted by Gasteiger charge is -2.02. The molecule has 0 aliphatic heterocycles. The monoisotopic (exact) mass is 208 g/mol. The molecule has 0 radical (unpaired) electrons. The molecule has 2 aromatic rings. The Morgan fingerprint density at radius 3 is 2.86 bits per heavy atom. The predicted molar refractivity (Wildman–Crippen MR) is 53.9 cm³/mol. The van der Waals surface area contributed by atoms with E-state index in [4.69, 9.17) is 11.6 Å². The van der Waals surface area contributed by atoms with Crippen LogP contribution in [0, 0.1) is 0 Å². The molecule has 0 saturated carbocycles. The van der Waals surface area contributed by atoms with Crippen molar-refractivity contribution in [2.24, 2.45) is 0 Å². The number of aromatic nitrogens is 4. The molecule has 4 nitrogen and oxygen atoms in total. The van der Waals surface area contributed by atoms with Crippen molar-refractivity contribution < 1.29 is 0 Å². The number of nitrogens with zero attached hydrogens (tertiary/aromatic N) is 4. The molecule has 72 valence electrons. The number of rotatable bonds is 2. The highest BCUT2D eigenvalue weighted by Crippen LogP contribution is 2.14. The maximum atomic E-state index is 5.65. The number of imidazole rings is 1. The van der Waals surface area contributed by atoms with Crippen LogP contribution < -0.4 is 0 Å². The van der Waals surface area contributed by atoms with E-state index in [0.717, 1.165) is 18.1 Å². The summed E-state index contributed by atoms with van der Waals surface area (Å²) in [6.45, 7) is 2.91. The van der Waals surface area contributed by atoms with Crippen molar-refractivity contribution in [3.05, 3.63) is 29.7 Å². The van der Waals surface area contributed by atoms with Crippen molar-refractivity contribution in [3.8, 4) is 11.5 Å². The van der Waals surface area contributed by atoms with Gasteiger partial charge in [0.05, 0.1) is 0 Å². The molecule has 2 aromatic heterocycles. The summed E-state index contributed by atoms with van der Waals surface area (Å²) in [7, 11) is 0. The minimum Gasteiger partial charge on any atom is -0.330 e. The fraction of sp³-hybridized carbons (Fsp3) is 0.222. The summed E-state index contributed by atoms with van der Waals surface area (Å²) in [5, 5.41) is 8.13. The molecular weight excluding hydrogens is 200 g/mol. The minimum atomic E-state index is 0.392. The fourth-order valence-electron chi connectivity index (χ4n) is 1.23. The first-order valence-electron chi connectivity index (χ1n) is 4.32. The van der Waals surface area contributed by atoms with Gasteiger partial charge in [-0.1, -0.05) is 11.6 Å². The van der Waals surface area contributed by atoms with Gasteiger partial charge in [-0.2, -0.15) is 0 Å². The summed E-state index contributed by atoms with van der Waals surface area (Å²) < 4.78 is 2.00. The molecular formula is C9H9ClN4. The van der Waals surface area contributed by atoms with Gasteiger partial charge < -0.3 is 4.57 Å². The van der Waals surface area contributed by atoms with Gasteiger partial charge in [0.25, 0.3) is 0 Å². The summed E-state index contributed by atoms with van der Waals surface area (Å²) in [6, 6.07) is 3.52. The second-order valence-electron chi connectivity index (χ2n) is 2.78. The highest BCUT2D eigenvalue weighted by Gasteiger charge is 2.05. The third kappa shape index (κ3) is 1.61. The average Bonchev–Trinajstić information content (AvgIpc) is 2.67. The average molecular weight is 209 g/mol. The van der Waals surface area contributed by atoms with Crippen molar-refractivity contribution in [3.63, 3.8) is 0 Å².